The van der Waals surface area contributed by atoms with Gasteiger partial charge in [0.2, 0.25) is 5.88 Å². The molecule has 1 aromatic carbocycles. The average molecular weight is 316 g/mol. The molecule has 0 aliphatic carbocycles. The van der Waals surface area contributed by atoms with Crippen LogP contribution < -0.4 is 10.6 Å². The number of aromatic nitrogens is 1. The number of thiazole rings is 1. The van der Waals surface area contributed by atoms with Crippen LogP contribution in [0.1, 0.15) is 11.8 Å². The Morgan fingerprint density at radius 2 is 2.19 bits per heavy atom. The normalized spacial score (nSPS) is 15.5. The van der Waals surface area contributed by atoms with Gasteiger partial charge < -0.3 is 5.11 Å². The van der Waals surface area contributed by atoms with Crippen LogP contribution in [-0.2, 0) is 11.3 Å². The summed E-state index contributed by atoms with van der Waals surface area (Å²) in [7, 11) is 0. The van der Waals surface area contributed by atoms with Crippen molar-refractivity contribution in [1.82, 2.24) is 4.57 Å². The van der Waals surface area contributed by atoms with Gasteiger partial charge >= 0.3 is 0 Å². The van der Waals surface area contributed by atoms with E-state index < -0.39 is 0 Å². The van der Waals surface area contributed by atoms with Crippen molar-refractivity contribution in [2.45, 2.75) is 13.5 Å². The second-order valence-electron chi connectivity index (χ2n) is 4.52. The number of rotatable bonds is 2. The van der Waals surface area contributed by atoms with Crippen molar-refractivity contribution >= 4 is 41.6 Å². The molecule has 21 heavy (non-hydrogen) atoms. The highest BCUT2D eigenvalue weighted by Crippen LogP contribution is 2.28. The van der Waals surface area contributed by atoms with E-state index in [0.29, 0.717) is 26.3 Å². The molecule has 4 nitrogen and oxygen atoms in total. The lowest BCUT2D eigenvalue weighted by molar-refractivity contribution is -0.114. The maximum Gasteiger partial charge on any atom is 0.277 e. The minimum absolute atomic E-state index is 0.0973. The molecule has 2 aromatic rings. The van der Waals surface area contributed by atoms with Gasteiger partial charge in [0.25, 0.3) is 5.91 Å². The Balaban J connectivity index is 2.16. The van der Waals surface area contributed by atoms with Gasteiger partial charge in [-0.1, -0.05) is 18.2 Å². The van der Waals surface area contributed by atoms with Crippen molar-refractivity contribution in [3.05, 3.63) is 49.2 Å². The second-order valence-corrected chi connectivity index (χ2v) is 6.20. The highest BCUT2D eigenvalue weighted by atomic mass is 32.1. The smallest absolute Gasteiger partial charge is 0.277 e. The van der Waals surface area contributed by atoms with Gasteiger partial charge in [-0.3, -0.25) is 9.36 Å². The summed E-state index contributed by atoms with van der Waals surface area (Å²) < 4.78 is 2.22. The number of amides is 1. The summed E-state index contributed by atoms with van der Waals surface area (Å²) in [5, 5.41) is 11.7. The van der Waals surface area contributed by atoms with E-state index in [1.807, 2.05) is 25.1 Å². The van der Waals surface area contributed by atoms with Crippen LogP contribution in [0.2, 0.25) is 0 Å². The monoisotopic (exact) mass is 316 g/mol. The molecule has 1 amide bonds. The second kappa shape index (κ2) is 5.38. The number of nitrogens with zero attached hydrogens (tertiary/aromatic N) is 2. The first-order valence-electron chi connectivity index (χ1n) is 6.44. The van der Waals surface area contributed by atoms with Crippen LogP contribution in [0.5, 0.6) is 5.88 Å². The highest BCUT2D eigenvalue weighted by Gasteiger charge is 2.14. The van der Waals surface area contributed by atoms with Gasteiger partial charge in [0.1, 0.15) is 0 Å². The van der Waals surface area contributed by atoms with Crippen molar-refractivity contribution < 1.29 is 9.90 Å². The van der Waals surface area contributed by atoms with E-state index in [0.717, 1.165) is 5.22 Å². The summed E-state index contributed by atoms with van der Waals surface area (Å²) >= 11 is 6.47. The number of hydrogen-bond acceptors (Lipinski definition) is 4. The van der Waals surface area contributed by atoms with E-state index in [2.05, 4.69) is 4.99 Å². The minimum Gasteiger partial charge on any atom is -0.493 e. The number of carbonyl (C=O) groups is 1. The molecular formula is C15H12N2O2S2. The summed E-state index contributed by atoms with van der Waals surface area (Å²) in [4.78, 5) is 16.7. The zero-order chi connectivity index (χ0) is 15.0. The standard InChI is InChI=1S/C15H12N2O2S2/c1-2-17-14(19)12(21-15(17)20)8-10-7-9-5-3-4-6-11(9)16-13(10)18/h3-8,19H,2H2,1H3/b10-8-. The van der Waals surface area contributed by atoms with Crippen LogP contribution in [0.25, 0.3) is 12.2 Å². The number of benzene rings is 1. The van der Waals surface area contributed by atoms with Crippen LogP contribution in [-0.4, -0.2) is 15.6 Å². The fourth-order valence-corrected chi connectivity index (χ4v) is 3.53. The Labute approximate surface area is 130 Å². The molecule has 1 N–H and O–H groups in total. The highest BCUT2D eigenvalue weighted by molar-refractivity contribution is 7.73. The molecular weight excluding hydrogens is 304 g/mol. The predicted octanol–water partition coefficient (Wildman–Crippen LogP) is 2.03. The maximum atomic E-state index is 12.1. The average Bonchev–Trinajstić information content (AvgIpc) is 2.73. The zero-order valence-electron chi connectivity index (χ0n) is 11.2. The fraction of sp³-hybridized carbons (Fsp3) is 0.133. The maximum absolute atomic E-state index is 12.1. The lowest BCUT2D eigenvalue weighted by atomic mass is 10.1. The molecule has 0 spiro atoms. The number of aromatic hydroxyl groups is 1. The topological polar surface area (TPSA) is 54.6 Å². The minimum atomic E-state index is -0.310. The third-order valence-corrected chi connectivity index (χ3v) is 4.60. The van der Waals surface area contributed by atoms with Gasteiger partial charge in [-0.05, 0) is 37.4 Å². The van der Waals surface area contributed by atoms with Crippen molar-refractivity contribution in [2.75, 3.05) is 0 Å². The largest absolute Gasteiger partial charge is 0.493 e. The fourth-order valence-electron chi connectivity index (χ4n) is 2.15. The molecule has 0 saturated heterocycles. The predicted molar refractivity (Wildman–Crippen MR) is 85.2 cm³/mol. The van der Waals surface area contributed by atoms with Crippen molar-refractivity contribution in [3.8, 4) is 5.88 Å². The molecule has 2 heterocycles. The SMILES string of the molecule is CCn1c(O)c(/C=C2/C=c3ccccc3=NC2=O)sc1=S. The molecule has 0 fully saturated rings. The molecule has 3 rings (SSSR count). The molecule has 0 atom stereocenters. The number of fused-ring (bicyclic) bond motifs is 1. The molecule has 106 valence electrons. The Hall–Kier alpha value is -2.05. The molecule has 6 heteroatoms. The lowest BCUT2D eigenvalue weighted by Gasteiger charge is -2.03. The Morgan fingerprint density at radius 1 is 1.43 bits per heavy atom. The zero-order valence-corrected chi connectivity index (χ0v) is 12.9. The molecule has 1 aliphatic heterocycles. The first kappa shape index (κ1) is 13.9. The van der Waals surface area contributed by atoms with E-state index in [9.17, 15) is 9.90 Å². The molecule has 1 aromatic heterocycles. The van der Waals surface area contributed by atoms with Crippen LogP contribution >= 0.6 is 23.6 Å². The molecule has 0 unspecified atom stereocenters. The first-order valence-corrected chi connectivity index (χ1v) is 7.66. The van der Waals surface area contributed by atoms with Crippen LogP contribution in [0.4, 0.5) is 0 Å². The third kappa shape index (κ3) is 2.48. The number of para-hydroxylation sites is 1. The van der Waals surface area contributed by atoms with Gasteiger partial charge in [0, 0.05) is 17.3 Å². The quantitative estimate of drug-likeness (QED) is 0.681. The molecule has 0 saturated carbocycles. The van der Waals surface area contributed by atoms with Gasteiger partial charge in [-0.2, -0.15) is 0 Å². The van der Waals surface area contributed by atoms with E-state index in [4.69, 9.17) is 12.2 Å². The van der Waals surface area contributed by atoms with Gasteiger partial charge in [0.15, 0.2) is 3.95 Å². The number of hydrogen-bond donors (Lipinski definition) is 1. The van der Waals surface area contributed by atoms with Gasteiger partial charge in [-0.25, -0.2) is 4.99 Å². The van der Waals surface area contributed by atoms with Crippen molar-refractivity contribution in [1.29, 1.82) is 0 Å². The Morgan fingerprint density at radius 3 is 2.90 bits per heavy atom. The number of carbonyl (C=O) groups excluding carboxylic acids is 1. The Bertz CT molecular complexity index is 935. The summed E-state index contributed by atoms with van der Waals surface area (Å²) in [6.07, 6.45) is 3.42. The summed E-state index contributed by atoms with van der Waals surface area (Å²) in [5.41, 5.74) is 0.448. The van der Waals surface area contributed by atoms with Gasteiger partial charge in [-0.15, -0.1) is 11.3 Å². The van der Waals surface area contributed by atoms with Crippen molar-refractivity contribution in [3.63, 3.8) is 0 Å². The first-order chi connectivity index (χ1) is 10.1. The summed E-state index contributed by atoms with van der Waals surface area (Å²) in [6, 6.07) is 7.44. The van der Waals surface area contributed by atoms with E-state index in [-0.39, 0.29) is 11.8 Å². The Kier molecular flexibility index (Phi) is 3.57. The third-order valence-electron chi connectivity index (χ3n) is 3.21. The van der Waals surface area contributed by atoms with Crippen molar-refractivity contribution in [2.24, 2.45) is 4.99 Å². The summed E-state index contributed by atoms with van der Waals surface area (Å²) in [5.74, 6) is -0.212. The van der Waals surface area contributed by atoms with E-state index in [1.54, 1.807) is 22.8 Å². The molecule has 0 bridgehead atoms. The van der Waals surface area contributed by atoms with Crippen LogP contribution in [0.15, 0.2) is 34.8 Å². The van der Waals surface area contributed by atoms with E-state index in [1.165, 1.54) is 11.3 Å². The summed E-state index contributed by atoms with van der Waals surface area (Å²) in [6.45, 7) is 2.50. The lowest BCUT2D eigenvalue weighted by Crippen LogP contribution is -2.29. The van der Waals surface area contributed by atoms with Gasteiger partial charge in [0.05, 0.1) is 10.2 Å². The van der Waals surface area contributed by atoms with Crippen LogP contribution in [0.3, 0.4) is 0 Å². The van der Waals surface area contributed by atoms with E-state index >= 15 is 0 Å². The molecule has 1 aliphatic rings. The van der Waals surface area contributed by atoms with Crippen LogP contribution in [0, 0.1) is 3.95 Å². The molecule has 0 radical (unpaired) electrons.